The van der Waals surface area contributed by atoms with Gasteiger partial charge in [0.2, 0.25) is 0 Å². The van der Waals surface area contributed by atoms with Crippen molar-refractivity contribution in [1.82, 2.24) is 10.1 Å². The van der Waals surface area contributed by atoms with Crippen LogP contribution in [-0.4, -0.2) is 27.8 Å². The molecule has 0 bridgehead atoms. The van der Waals surface area contributed by atoms with Gasteiger partial charge in [0, 0.05) is 35.5 Å². The highest BCUT2D eigenvalue weighted by Crippen LogP contribution is 2.44. The van der Waals surface area contributed by atoms with E-state index in [1.807, 2.05) is 6.07 Å². The minimum atomic E-state index is -0.937. The Bertz CT molecular complexity index is 807. The van der Waals surface area contributed by atoms with Crippen LogP contribution in [0.2, 0.25) is 5.02 Å². The summed E-state index contributed by atoms with van der Waals surface area (Å²) < 4.78 is 12.3. The lowest BCUT2D eigenvalue weighted by atomic mass is 10.0. The van der Waals surface area contributed by atoms with Crippen LogP contribution < -0.4 is 4.74 Å². The topological polar surface area (TPSA) is 75.8 Å². The van der Waals surface area contributed by atoms with Crippen LogP contribution in [0.4, 0.5) is 4.79 Å². The number of nitrogens with zero attached hydrogens (tertiary/aromatic N) is 2. The molecule has 8 heteroatoms. The second-order valence-corrected chi connectivity index (χ2v) is 6.90. The fourth-order valence-corrected chi connectivity index (χ4v) is 4.04. The summed E-state index contributed by atoms with van der Waals surface area (Å²) in [5.41, 5.74) is 2.62. The van der Waals surface area contributed by atoms with Gasteiger partial charge in [-0.15, -0.1) is 0 Å². The number of rotatable bonds is 1. The smallest absolute Gasteiger partial charge is 0.407 e. The molecule has 1 atom stereocenters. The minimum absolute atomic E-state index is 0.279. The van der Waals surface area contributed by atoms with Gasteiger partial charge in [0.1, 0.15) is 5.75 Å². The summed E-state index contributed by atoms with van der Waals surface area (Å²) >= 11 is 9.53. The summed E-state index contributed by atoms with van der Waals surface area (Å²) in [5.74, 6) is 1.35. The molecule has 1 aromatic carbocycles. The Morgan fingerprint density at radius 1 is 1.48 bits per heavy atom. The highest BCUT2D eigenvalue weighted by atomic mass is 79.9. The Labute approximate surface area is 145 Å². The summed E-state index contributed by atoms with van der Waals surface area (Å²) in [5, 5.41) is 13.9. The van der Waals surface area contributed by atoms with Gasteiger partial charge in [0.25, 0.3) is 0 Å². The molecule has 1 unspecified atom stereocenters. The van der Waals surface area contributed by atoms with Crippen LogP contribution in [-0.2, 0) is 19.4 Å². The number of hydrogen-bond acceptors (Lipinski definition) is 4. The fraction of sp³-hybridized carbons (Fsp3) is 0.333. The van der Waals surface area contributed by atoms with E-state index < -0.39 is 6.09 Å². The molecule has 0 fully saturated rings. The number of ether oxygens (including phenoxy) is 1. The molecule has 3 heterocycles. The fourth-order valence-electron chi connectivity index (χ4n) is 3.08. The molecular formula is C15H12BrClN2O4. The minimum Gasteiger partial charge on any atom is -0.481 e. The second kappa shape index (κ2) is 5.42. The molecular weight excluding hydrogens is 388 g/mol. The van der Waals surface area contributed by atoms with Crippen molar-refractivity contribution in [3.8, 4) is 5.75 Å². The molecule has 6 nitrogen and oxygen atoms in total. The normalized spacial score (nSPS) is 19.2. The molecule has 0 saturated heterocycles. The van der Waals surface area contributed by atoms with E-state index in [-0.39, 0.29) is 12.6 Å². The second-order valence-electron chi connectivity index (χ2n) is 5.61. The molecule has 0 radical (unpaired) electrons. The third kappa shape index (κ3) is 2.48. The maximum Gasteiger partial charge on any atom is 0.407 e. The first-order valence-electron chi connectivity index (χ1n) is 7.12. The largest absolute Gasteiger partial charge is 0.481 e. The molecule has 0 spiro atoms. The van der Waals surface area contributed by atoms with Crippen molar-refractivity contribution in [2.45, 2.75) is 25.5 Å². The van der Waals surface area contributed by atoms with Crippen LogP contribution in [0.1, 0.15) is 28.7 Å². The number of carboxylic acid groups (broad SMARTS) is 1. The molecule has 4 rings (SSSR count). The Kier molecular flexibility index (Phi) is 3.50. The third-order valence-corrected chi connectivity index (χ3v) is 4.99. The molecule has 23 heavy (non-hydrogen) atoms. The van der Waals surface area contributed by atoms with E-state index in [2.05, 4.69) is 21.1 Å². The maximum absolute atomic E-state index is 11.2. The van der Waals surface area contributed by atoms with E-state index in [1.165, 1.54) is 4.90 Å². The van der Waals surface area contributed by atoms with Crippen LogP contribution in [0, 0.1) is 0 Å². The van der Waals surface area contributed by atoms with Gasteiger partial charge in [0.15, 0.2) is 11.9 Å². The van der Waals surface area contributed by atoms with Gasteiger partial charge >= 0.3 is 6.09 Å². The van der Waals surface area contributed by atoms with Crippen molar-refractivity contribution in [1.29, 1.82) is 0 Å². The van der Waals surface area contributed by atoms with E-state index in [9.17, 15) is 9.90 Å². The lowest BCUT2D eigenvalue weighted by molar-refractivity contribution is 0.138. The van der Waals surface area contributed by atoms with Crippen LogP contribution >= 0.6 is 27.5 Å². The maximum atomic E-state index is 11.2. The Morgan fingerprint density at radius 3 is 3.09 bits per heavy atom. The van der Waals surface area contributed by atoms with Gasteiger partial charge in [-0.1, -0.05) is 16.8 Å². The number of carbonyl (C=O) groups is 1. The Hall–Kier alpha value is -1.73. The molecule has 120 valence electrons. The number of benzene rings is 1. The van der Waals surface area contributed by atoms with Gasteiger partial charge < -0.3 is 19.3 Å². The number of halogens is 2. The van der Waals surface area contributed by atoms with Gasteiger partial charge in [-0.05, 0) is 28.1 Å². The molecule has 1 aromatic heterocycles. The number of hydrogen-bond donors (Lipinski definition) is 1. The van der Waals surface area contributed by atoms with Gasteiger partial charge in [0.05, 0.1) is 16.7 Å². The zero-order valence-corrected chi connectivity index (χ0v) is 14.2. The number of fused-ring (bicyclic) bond motifs is 2. The highest BCUT2D eigenvalue weighted by Gasteiger charge is 2.35. The highest BCUT2D eigenvalue weighted by molar-refractivity contribution is 9.10. The molecule has 2 aromatic rings. The lowest BCUT2D eigenvalue weighted by Crippen LogP contribution is -2.35. The van der Waals surface area contributed by atoms with Gasteiger partial charge in [-0.25, -0.2) is 4.79 Å². The molecule has 0 aliphatic carbocycles. The molecule has 1 amide bonds. The van der Waals surface area contributed by atoms with Crippen LogP contribution in [0.25, 0.3) is 0 Å². The summed E-state index contributed by atoms with van der Waals surface area (Å²) in [6.07, 6.45) is -0.0820. The first-order valence-corrected chi connectivity index (χ1v) is 8.30. The van der Waals surface area contributed by atoms with E-state index >= 15 is 0 Å². The zero-order valence-electron chi connectivity index (χ0n) is 11.9. The predicted octanol–water partition coefficient (Wildman–Crippen LogP) is 3.80. The Morgan fingerprint density at radius 2 is 2.30 bits per heavy atom. The van der Waals surface area contributed by atoms with Crippen LogP contribution in [0.3, 0.4) is 0 Å². The SMILES string of the molecule is O=C(O)N1CCc2noc(C3Cc4cc(Cl)cc(Br)c4O3)c2C1. The summed E-state index contributed by atoms with van der Waals surface area (Å²) in [7, 11) is 0. The Balaban J connectivity index is 1.66. The molecule has 0 saturated carbocycles. The van der Waals surface area contributed by atoms with Crippen LogP contribution in [0.15, 0.2) is 21.1 Å². The van der Waals surface area contributed by atoms with Gasteiger partial charge in [-0.3, -0.25) is 0 Å². The summed E-state index contributed by atoms with van der Waals surface area (Å²) in [4.78, 5) is 12.6. The zero-order chi connectivity index (χ0) is 16.1. The van der Waals surface area contributed by atoms with Crippen molar-refractivity contribution < 1.29 is 19.2 Å². The average molecular weight is 400 g/mol. The number of amides is 1. The summed E-state index contributed by atoms with van der Waals surface area (Å²) in [6.45, 7) is 0.711. The first-order chi connectivity index (χ1) is 11.0. The molecule has 2 aliphatic heterocycles. The lowest BCUT2D eigenvalue weighted by Gasteiger charge is -2.23. The monoisotopic (exact) mass is 398 g/mol. The van der Waals surface area contributed by atoms with E-state index in [0.29, 0.717) is 30.2 Å². The standard InChI is InChI=1S/C15H12BrClN2O4/c16-10-5-8(17)3-7-4-12(22-13(7)10)14-9-6-19(15(20)21)2-1-11(9)18-23-14/h3,5,12H,1-2,4,6H2,(H,20,21). The predicted molar refractivity (Wildman–Crippen MR) is 84.9 cm³/mol. The van der Waals surface area contributed by atoms with E-state index in [1.54, 1.807) is 6.07 Å². The van der Waals surface area contributed by atoms with Crippen molar-refractivity contribution in [3.05, 3.63) is 44.2 Å². The molecule has 2 aliphatic rings. The van der Waals surface area contributed by atoms with Gasteiger partial charge in [-0.2, -0.15) is 0 Å². The third-order valence-electron chi connectivity index (χ3n) is 4.18. The first kappa shape index (κ1) is 14.8. The van der Waals surface area contributed by atoms with Crippen molar-refractivity contribution in [3.63, 3.8) is 0 Å². The van der Waals surface area contributed by atoms with E-state index in [4.69, 9.17) is 20.9 Å². The van der Waals surface area contributed by atoms with E-state index in [0.717, 1.165) is 27.0 Å². The van der Waals surface area contributed by atoms with Crippen molar-refractivity contribution >= 4 is 33.6 Å². The quantitative estimate of drug-likeness (QED) is 0.789. The molecule has 1 N–H and O–H groups in total. The summed E-state index contributed by atoms with van der Waals surface area (Å²) in [6, 6.07) is 3.65. The number of aromatic nitrogens is 1. The van der Waals surface area contributed by atoms with Crippen LogP contribution in [0.5, 0.6) is 5.75 Å². The van der Waals surface area contributed by atoms with Crippen molar-refractivity contribution in [2.24, 2.45) is 0 Å². The average Bonchev–Trinajstić information content (AvgIpc) is 3.09. The van der Waals surface area contributed by atoms with Crippen molar-refractivity contribution in [2.75, 3.05) is 6.54 Å².